The van der Waals surface area contributed by atoms with Crippen LogP contribution >= 0.6 is 0 Å². The quantitative estimate of drug-likeness (QED) is 0.749. The molecule has 0 aliphatic rings. The van der Waals surface area contributed by atoms with Crippen LogP contribution in [0, 0.1) is 12.8 Å². The van der Waals surface area contributed by atoms with E-state index in [0.717, 1.165) is 23.2 Å². The number of carbonyl (C=O) groups is 1. The molecule has 0 saturated heterocycles. The minimum Gasteiger partial charge on any atom is -0.391 e. The highest BCUT2D eigenvalue weighted by Crippen LogP contribution is 2.20. The van der Waals surface area contributed by atoms with E-state index in [0.29, 0.717) is 12.3 Å². The molecule has 1 aromatic rings. The summed E-state index contributed by atoms with van der Waals surface area (Å²) in [5, 5.41) is 15.3. The van der Waals surface area contributed by atoms with Gasteiger partial charge in [-0.25, -0.2) is 4.79 Å². The summed E-state index contributed by atoms with van der Waals surface area (Å²) in [4.78, 5) is 11.9. The number of para-hydroxylation sites is 1. The van der Waals surface area contributed by atoms with Crippen LogP contribution in [0.25, 0.3) is 0 Å². The SMILES string of the molecule is CCc1cccc(C)c1NC(=O)NCC(O)CC(C)C. The second-order valence-electron chi connectivity index (χ2n) is 5.58. The highest BCUT2D eigenvalue weighted by Gasteiger charge is 2.11. The Morgan fingerprint density at radius 1 is 1.35 bits per heavy atom. The molecule has 0 fully saturated rings. The maximum atomic E-state index is 11.9. The zero-order valence-corrected chi connectivity index (χ0v) is 12.9. The fraction of sp³-hybridized carbons (Fsp3) is 0.562. The van der Waals surface area contributed by atoms with E-state index < -0.39 is 6.10 Å². The van der Waals surface area contributed by atoms with Gasteiger partial charge in [0.25, 0.3) is 0 Å². The Morgan fingerprint density at radius 3 is 2.65 bits per heavy atom. The van der Waals surface area contributed by atoms with E-state index in [9.17, 15) is 9.90 Å². The number of amides is 2. The Hall–Kier alpha value is -1.55. The molecule has 4 nitrogen and oxygen atoms in total. The summed E-state index contributed by atoms with van der Waals surface area (Å²) in [5.41, 5.74) is 3.02. The van der Waals surface area contributed by atoms with Crippen LogP contribution in [0.1, 0.15) is 38.3 Å². The molecule has 4 heteroatoms. The Morgan fingerprint density at radius 2 is 2.05 bits per heavy atom. The van der Waals surface area contributed by atoms with E-state index in [2.05, 4.69) is 17.6 Å². The Balaban J connectivity index is 2.55. The van der Waals surface area contributed by atoms with E-state index in [1.807, 2.05) is 39.0 Å². The van der Waals surface area contributed by atoms with Crippen molar-refractivity contribution < 1.29 is 9.90 Å². The van der Waals surface area contributed by atoms with Crippen LogP contribution in [-0.2, 0) is 6.42 Å². The van der Waals surface area contributed by atoms with Gasteiger partial charge in [-0.3, -0.25) is 0 Å². The molecule has 1 atom stereocenters. The minimum absolute atomic E-state index is 0.267. The Labute approximate surface area is 121 Å². The molecule has 112 valence electrons. The average Bonchev–Trinajstić information content (AvgIpc) is 2.38. The highest BCUT2D eigenvalue weighted by molar-refractivity contribution is 5.91. The first kappa shape index (κ1) is 16.5. The zero-order valence-electron chi connectivity index (χ0n) is 12.9. The van der Waals surface area contributed by atoms with Crippen molar-refractivity contribution in [3.8, 4) is 0 Å². The predicted molar refractivity (Wildman–Crippen MR) is 83.0 cm³/mol. The summed E-state index contributed by atoms with van der Waals surface area (Å²) in [7, 11) is 0. The lowest BCUT2D eigenvalue weighted by Crippen LogP contribution is -2.36. The Bertz CT molecular complexity index is 444. The van der Waals surface area contributed by atoms with Crippen LogP contribution in [0.5, 0.6) is 0 Å². The van der Waals surface area contributed by atoms with E-state index >= 15 is 0 Å². The number of nitrogens with one attached hydrogen (secondary N) is 2. The predicted octanol–water partition coefficient (Wildman–Crippen LogP) is 3.09. The molecule has 0 heterocycles. The highest BCUT2D eigenvalue weighted by atomic mass is 16.3. The zero-order chi connectivity index (χ0) is 15.1. The molecule has 1 aromatic carbocycles. The van der Waals surface area contributed by atoms with Gasteiger partial charge in [-0.1, -0.05) is 39.0 Å². The third kappa shape index (κ3) is 5.21. The van der Waals surface area contributed by atoms with Crippen LogP contribution in [0.15, 0.2) is 18.2 Å². The maximum Gasteiger partial charge on any atom is 0.319 e. The molecule has 2 amide bonds. The molecule has 0 radical (unpaired) electrons. The van der Waals surface area contributed by atoms with Crippen LogP contribution in [0.4, 0.5) is 10.5 Å². The van der Waals surface area contributed by atoms with Crippen molar-refractivity contribution in [3.05, 3.63) is 29.3 Å². The number of aryl methyl sites for hydroxylation is 2. The van der Waals surface area contributed by atoms with Crippen LogP contribution in [0.3, 0.4) is 0 Å². The van der Waals surface area contributed by atoms with Gasteiger partial charge >= 0.3 is 6.03 Å². The third-order valence-electron chi connectivity index (χ3n) is 3.22. The monoisotopic (exact) mass is 278 g/mol. The molecule has 0 aromatic heterocycles. The van der Waals surface area contributed by atoms with Crippen molar-refractivity contribution in [2.45, 2.75) is 46.6 Å². The number of urea groups is 1. The van der Waals surface area contributed by atoms with Crippen molar-refractivity contribution in [3.63, 3.8) is 0 Å². The van der Waals surface area contributed by atoms with Gasteiger partial charge in [-0.05, 0) is 36.8 Å². The van der Waals surface area contributed by atoms with Crippen LogP contribution in [-0.4, -0.2) is 23.8 Å². The lowest BCUT2D eigenvalue weighted by Gasteiger charge is -2.16. The number of aliphatic hydroxyl groups excluding tert-OH is 1. The number of anilines is 1. The molecule has 0 spiro atoms. The number of aliphatic hydroxyl groups is 1. The number of benzene rings is 1. The summed E-state index contributed by atoms with van der Waals surface area (Å²) in [6.45, 7) is 8.40. The largest absolute Gasteiger partial charge is 0.391 e. The van der Waals surface area contributed by atoms with Gasteiger partial charge < -0.3 is 15.7 Å². The van der Waals surface area contributed by atoms with Gasteiger partial charge in [-0.2, -0.15) is 0 Å². The van der Waals surface area contributed by atoms with Crippen molar-refractivity contribution in [2.24, 2.45) is 5.92 Å². The van der Waals surface area contributed by atoms with Gasteiger partial charge in [0.2, 0.25) is 0 Å². The standard InChI is InChI=1S/C16H26N2O2/c1-5-13-8-6-7-12(4)15(13)18-16(20)17-10-14(19)9-11(2)3/h6-8,11,14,19H,5,9-10H2,1-4H3,(H2,17,18,20). The third-order valence-corrected chi connectivity index (χ3v) is 3.22. The fourth-order valence-corrected chi connectivity index (χ4v) is 2.20. The molecule has 3 N–H and O–H groups in total. The molecule has 0 aliphatic carbocycles. The minimum atomic E-state index is -0.497. The summed E-state index contributed by atoms with van der Waals surface area (Å²) >= 11 is 0. The summed E-state index contributed by atoms with van der Waals surface area (Å²) < 4.78 is 0. The van der Waals surface area contributed by atoms with E-state index in [1.54, 1.807) is 0 Å². The first-order chi connectivity index (χ1) is 9.43. The van der Waals surface area contributed by atoms with Crippen molar-refractivity contribution in [1.29, 1.82) is 0 Å². The van der Waals surface area contributed by atoms with Crippen LogP contribution in [0.2, 0.25) is 0 Å². The van der Waals surface area contributed by atoms with Gasteiger partial charge in [-0.15, -0.1) is 0 Å². The molecular weight excluding hydrogens is 252 g/mol. The fourth-order valence-electron chi connectivity index (χ4n) is 2.20. The van der Waals surface area contributed by atoms with E-state index in [-0.39, 0.29) is 12.6 Å². The first-order valence-corrected chi connectivity index (χ1v) is 7.25. The molecule has 20 heavy (non-hydrogen) atoms. The van der Waals surface area contributed by atoms with Crippen molar-refractivity contribution in [2.75, 3.05) is 11.9 Å². The van der Waals surface area contributed by atoms with Gasteiger partial charge in [0, 0.05) is 12.2 Å². The molecule has 1 rings (SSSR count). The lowest BCUT2D eigenvalue weighted by molar-refractivity contribution is 0.148. The van der Waals surface area contributed by atoms with E-state index in [1.165, 1.54) is 0 Å². The first-order valence-electron chi connectivity index (χ1n) is 7.25. The summed E-state index contributed by atoms with van der Waals surface area (Å²) in [5.74, 6) is 0.415. The van der Waals surface area contributed by atoms with Crippen molar-refractivity contribution >= 4 is 11.7 Å². The van der Waals surface area contributed by atoms with Gasteiger partial charge in [0.1, 0.15) is 0 Å². The number of rotatable bonds is 6. The molecule has 0 aliphatic heterocycles. The lowest BCUT2D eigenvalue weighted by atomic mass is 10.1. The number of hydrogen-bond donors (Lipinski definition) is 3. The second kappa shape index (κ2) is 7.90. The smallest absolute Gasteiger partial charge is 0.319 e. The van der Waals surface area contributed by atoms with Crippen LogP contribution < -0.4 is 10.6 Å². The Kier molecular flexibility index (Phi) is 6.52. The normalized spacial score (nSPS) is 12.3. The number of carbonyl (C=O) groups excluding carboxylic acids is 1. The second-order valence-corrected chi connectivity index (χ2v) is 5.58. The van der Waals surface area contributed by atoms with Gasteiger partial charge in [0.05, 0.1) is 6.10 Å². The molecule has 1 unspecified atom stereocenters. The van der Waals surface area contributed by atoms with Gasteiger partial charge in [0.15, 0.2) is 0 Å². The molecule has 0 bridgehead atoms. The summed E-state index contributed by atoms with van der Waals surface area (Å²) in [6, 6.07) is 5.71. The molecular formula is C16H26N2O2. The maximum absolute atomic E-state index is 11.9. The number of hydrogen-bond acceptors (Lipinski definition) is 2. The average molecular weight is 278 g/mol. The summed E-state index contributed by atoms with van der Waals surface area (Å²) in [6.07, 6.45) is 1.06. The molecule has 0 saturated carbocycles. The topological polar surface area (TPSA) is 61.4 Å². The van der Waals surface area contributed by atoms with E-state index in [4.69, 9.17) is 0 Å². The van der Waals surface area contributed by atoms with Crippen molar-refractivity contribution in [1.82, 2.24) is 5.32 Å².